The second-order valence-corrected chi connectivity index (χ2v) is 6.17. The van der Waals surface area contributed by atoms with E-state index in [9.17, 15) is 4.79 Å². The monoisotopic (exact) mass is 332 g/mol. The van der Waals surface area contributed by atoms with Gasteiger partial charge in [-0.3, -0.25) is 4.68 Å². The number of hydrogen-bond acceptors (Lipinski definition) is 6. The number of carbonyl (C=O) groups is 1. The summed E-state index contributed by atoms with van der Waals surface area (Å²) in [5, 5.41) is 22.1. The maximum atomic E-state index is 10.9. The number of aromatic nitrogens is 6. The average Bonchev–Trinajstić information content (AvgIpc) is 3.24. The number of thiazole rings is 1. The van der Waals surface area contributed by atoms with Gasteiger partial charge in [0.1, 0.15) is 10.7 Å². The lowest BCUT2D eigenvalue weighted by atomic mass is 10.4. The van der Waals surface area contributed by atoms with E-state index in [1.54, 1.807) is 26.8 Å². The summed E-state index contributed by atoms with van der Waals surface area (Å²) in [6.07, 6.45) is 4.66. The van der Waals surface area contributed by atoms with Crippen molar-refractivity contribution in [1.82, 2.24) is 29.8 Å². The van der Waals surface area contributed by atoms with Gasteiger partial charge in [-0.15, -0.1) is 16.4 Å². The number of hydrogen-bond donors (Lipinski definition) is 1. The Hall–Kier alpha value is -2.55. The van der Waals surface area contributed by atoms with Crippen LogP contribution >= 0.6 is 11.3 Å². The van der Waals surface area contributed by atoms with Crippen molar-refractivity contribution in [2.24, 2.45) is 0 Å². The number of nitrogens with zero attached hydrogens (tertiary/aromatic N) is 6. The molecule has 3 aromatic rings. The number of aromatic carboxylic acids is 1. The van der Waals surface area contributed by atoms with Gasteiger partial charge in [0, 0.05) is 16.8 Å². The third-order valence-corrected chi connectivity index (χ3v) is 4.57. The van der Waals surface area contributed by atoms with Gasteiger partial charge in [0.2, 0.25) is 0 Å². The summed E-state index contributed by atoms with van der Waals surface area (Å²) in [5.41, 5.74) is 1.60. The van der Waals surface area contributed by atoms with Gasteiger partial charge in [0.05, 0.1) is 19.3 Å². The molecule has 0 aliphatic heterocycles. The highest BCUT2D eigenvalue weighted by atomic mass is 32.1. The summed E-state index contributed by atoms with van der Waals surface area (Å²) >= 11 is 1.61. The third kappa shape index (κ3) is 3.29. The lowest BCUT2D eigenvalue weighted by molar-refractivity contribution is 0.0689. The van der Waals surface area contributed by atoms with Gasteiger partial charge in [-0.05, 0) is 19.4 Å². The molecule has 9 heteroatoms. The second-order valence-electron chi connectivity index (χ2n) is 5.05. The molecule has 0 aliphatic carbocycles. The lowest BCUT2D eigenvalue weighted by Crippen LogP contribution is -2.11. The van der Waals surface area contributed by atoms with E-state index in [0.29, 0.717) is 13.1 Å². The summed E-state index contributed by atoms with van der Waals surface area (Å²) in [6, 6.07) is 1.55. The lowest BCUT2D eigenvalue weighted by Gasteiger charge is -2.03. The quantitative estimate of drug-likeness (QED) is 0.740. The zero-order chi connectivity index (χ0) is 16.4. The molecule has 120 valence electrons. The van der Waals surface area contributed by atoms with Crippen LogP contribution in [0.4, 0.5) is 0 Å². The predicted molar refractivity (Wildman–Crippen MR) is 84.4 cm³/mol. The van der Waals surface area contributed by atoms with E-state index in [2.05, 4.69) is 27.3 Å². The Kier molecular flexibility index (Phi) is 4.20. The maximum absolute atomic E-state index is 10.9. The highest BCUT2D eigenvalue weighted by molar-refractivity contribution is 7.14. The van der Waals surface area contributed by atoms with E-state index < -0.39 is 5.97 Å². The molecule has 3 heterocycles. The van der Waals surface area contributed by atoms with Crippen LogP contribution in [0.5, 0.6) is 0 Å². The van der Waals surface area contributed by atoms with Gasteiger partial charge in [-0.25, -0.2) is 14.5 Å². The fourth-order valence-electron chi connectivity index (χ4n) is 2.13. The van der Waals surface area contributed by atoms with Crippen LogP contribution < -0.4 is 0 Å². The van der Waals surface area contributed by atoms with Crippen molar-refractivity contribution in [3.63, 3.8) is 0 Å². The van der Waals surface area contributed by atoms with E-state index in [1.165, 1.54) is 4.88 Å². The zero-order valence-corrected chi connectivity index (χ0v) is 13.6. The van der Waals surface area contributed by atoms with Gasteiger partial charge in [-0.2, -0.15) is 5.10 Å². The first kappa shape index (κ1) is 15.3. The van der Waals surface area contributed by atoms with Crippen molar-refractivity contribution >= 4 is 17.3 Å². The molecule has 0 saturated carbocycles. The first-order valence-corrected chi connectivity index (χ1v) is 8.01. The topological polar surface area (TPSA) is 98.7 Å². The van der Waals surface area contributed by atoms with Crippen LogP contribution in [0.15, 0.2) is 18.5 Å². The Morgan fingerprint density at radius 3 is 2.87 bits per heavy atom. The Balaban J connectivity index is 1.68. The SMILES string of the molecule is CCc1cnc(-c2cn(CCn3nc(C(=O)O)cc3C)nn2)s1. The van der Waals surface area contributed by atoms with Crippen molar-refractivity contribution in [3.8, 4) is 10.7 Å². The minimum Gasteiger partial charge on any atom is -0.476 e. The highest BCUT2D eigenvalue weighted by Crippen LogP contribution is 2.23. The van der Waals surface area contributed by atoms with Gasteiger partial charge >= 0.3 is 5.97 Å². The molecule has 0 aliphatic rings. The molecule has 0 radical (unpaired) electrons. The normalized spacial score (nSPS) is 11.0. The minimum atomic E-state index is -1.02. The zero-order valence-electron chi connectivity index (χ0n) is 12.8. The number of carboxylic acid groups (broad SMARTS) is 1. The molecule has 0 fully saturated rings. The molecule has 0 unspecified atom stereocenters. The first-order chi connectivity index (χ1) is 11.1. The molecule has 3 aromatic heterocycles. The highest BCUT2D eigenvalue weighted by Gasteiger charge is 2.12. The smallest absolute Gasteiger partial charge is 0.356 e. The van der Waals surface area contributed by atoms with Crippen molar-refractivity contribution in [3.05, 3.63) is 34.7 Å². The maximum Gasteiger partial charge on any atom is 0.356 e. The first-order valence-electron chi connectivity index (χ1n) is 7.19. The van der Waals surface area contributed by atoms with E-state index >= 15 is 0 Å². The van der Waals surface area contributed by atoms with Gasteiger partial charge in [0.15, 0.2) is 5.69 Å². The summed E-state index contributed by atoms with van der Waals surface area (Å²) in [6.45, 7) is 5.00. The van der Waals surface area contributed by atoms with Crippen molar-refractivity contribution < 1.29 is 9.90 Å². The van der Waals surface area contributed by atoms with E-state index in [1.807, 2.05) is 19.3 Å². The summed E-state index contributed by atoms with van der Waals surface area (Å²) in [5.74, 6) is -1.02. The Bertz CT molecular complexity index is 834. The fourth-order valence-corrected chi connectivity index (χ4v) is 2.93. The van der Waals surface area contributed by atoms with Crippen LogP contribution in [0, 0.1) is 6.92 Å². The summed E-state index contributed by atoms with van der Waals surface area (Å²) in [4.78, 5) is 16.5. The average molecular weight is 332 g/mol. The second kappa shape index (κ2) is 6.29. The van der Waals surface area contributed by atoms with Gasteiger partial charge in [-0.1, -0.05) is 12.1 Å². The van der Waals surface area contributed by atoms with E-state index in [0.717, 1.165) is 22.8 Å². The van der Waals surface area contributed by atoms with Crippen LogP contribution in [0.1, 0.15) is 28.0 Å². The van der Waals surface area contributed by atoms with E-state index in [4.69, 9.17) is 5.11 Å². The molecule has 23 heavy (non-hydrogen) atoms. The van der Waals surface area contributed by atoms with Crippen LogP contribution in [-0.2, 0) is 19.5 Å². The Morgan fingerprint density at radius 1 is 1.39 bits per heavy atom. The molecule has 8 nitrogen and oxygen atoms in total. The molecule has 0 amide bonds. The molecule has 3 rings (SSSR count). The molecule has 0 bridgehead atoms. The van der Waals surface area contributed by atoms with Crippen LogP contribution in [0.25, 0.3) is 10.7 Å². The van der Waals surface area contributed by atoms with Crippen molar-refractivity contribution in [2.75, 3.05) is 0 Å². The van der Waals surface area contributed by atoms with Crippen molar-refractivity contribution in [1.29, 1.82) is 0 Å². The molecule has 0 aromatic carbocycles. The third-order valence-electron chi connectivity index (χ3n) is 3.40. The van der Waals surface area contributed by atoms with E-state index in [-0.39, 0.29) is 5.69 Å². The minimum absolute atomic E-state index is 0.0525. The van der Waals surface area contributed by atoms with Crippen LogP contribution in [-0.4, -0.2) is 40.8 Å². The molecule has 0 saturated heterocycles. The molecular formula is C14H16N6O2S. The molecule has 1 N–H and O–H groups in total. The van der Waals surface area contributed by atoms with Crippen molar-refractivity contribution in [2.45, 2.75) is 33.4 Å². The van der Waals surface area contributed by atoms with Crippen LogP contribution in [0.2, 0.25) is 0 Å². The van der Waals surface area contributed by atoms with Crippen LogP contribution in [0.3, 0.4) is 0 Å². The summed E-state index contributed by atoms with van der Waals surface area (Å²) in [7, 11) is 0. The molecular weight excluding hydrogens is 316 g/mol. The Labute approximate surface area is 136 Å². The number of rotatable bonds is 6. The predicted octanol–water partition coefficient (Wildman–Crippen LogP) is 1.87. The molecule has 0 atom stereocenters. The molecule has 0 spiro atoms. The largest absolute Gasteiger partial charge is 0.476 e. The van der Waals surface area contributed by atoms with Gasteiger partial charge < -0.3 is 5.11 Å². The fraction of sp³-hybridized carbons (Fsp3) is 0.357. The van der Waals surface area contributed by atoms with Gasteiger partial charge in [0.25, 0.3) is 0 Å². The number of carboxylic acids is 1. The standard InChI is InChI=1S/C14H16N6O2S/c1-3-10-7-15-13(23-10)12-8-19(18-16-12)4-5-20-9(2)6-11(17-20)14(21)22/h6-8H,3-5H2,1-2H3,(H,21,22). The summed E-state index contributed by atoms with van der Waals surface area (Å²) < 4.78 is 3.37. The Morgan fingerprint density at radius 2 is 2.22 bits per heavy atom. The number of aryl methyl sites for hydroxylation is 4.